The number of hydrogen-bond donors (Lipinski definition) is 1. The average Bonchev–Trinajstić information content (AvgIpc) is 3.54. The first-order valence-electron chi connectivity index (χ1n) is 14.3. The number of unbranched alkanes of at least 4 members (excludes halogenated alkanes) is 1. The van der Waals surface area contributed by atoms with Crippen LogP contribution in [-0.2, 0) is 14.4 Å². The maximum Gasteiger partial charge on any atom is 0.247 e. The summed E-state index contributed by atoms with van der Waals surface area (Å²) in [6.45, 7) is 11.9. The summed E-state index contributed by atoms with van der Waals surface area (Å²) in [5.74, 6) is -0.824. The zero-order valence-electron chi connectivity index (χ0n) is 22.5. The molecule has 206 valence electrons. The van der Waals surface area contributed by atoms with Gasteiger partial charge in [-0.3, -0.25) is 14.4 Å². The summed E-state index contributed by atoms with van der Waals surface area (Å²) in [6, 6.07) is -0.379. The highest BCUT2D eigenvalue weighted by atomic mass is 32.2. The van der Waals surface area contributed by atoms with E-state index in [-0.39, 0.29) is 35.6 Å². The second-order valence-electron chi connectivity index (χ2n) is 11.2. The van der Waals surface area contributed by atoms with E-state index < -0.39 is 22.6 Å². The zero-order valence-corrected chi connectivity index (χ0v) is 23.3. The van der Waals surface area contributed by atoms with Crippen LogP contribution in [0.1, 0.15) is 71.1 Å². The van der Waals surface area contributed by atoms with Crippen molar-refractivity contribution in [3.63, 3.8) is 0 Å². The Morgan fingerprint density at radius 2 is 1.84 bits per heavy atom. The molecule has 1 aliphatic carbocycles. The number of aliphatic hydroxyl groups is 1. The van der Waals surface area contributed by atoms with Crippen LogP contribution in [0.2, 0.25) is 0 Å². The van der Waals surface area contributed by atoms with Gasteiger partial charge in [0.25, 0.3) is 0 Å². The summed E-state index contributed by atoms with van der Waals surface area (Å²) in [5.41, 5.74) is 0. The molecule has 37 heavy (non-hydrogen) atoms. The Labute approximate surface area is 226 Å². The summed E-state index contributed by atoms with van der Waals surface area (Å²) in [7, 11) is 0. The third kappa shape index (κ3) is 5.12. The van der Waals surface area contributed by atoms with Gasteiger partial charge in [0.2, 0.25) is 17.7 Å². The first kappa shape index (κ1) is 28.2. The Bertz CT molecular complexity index is 875. The molecule has 8 heteroatoms. The number of rotatable bonds is 13. The lowest BCUT2D eigenvalue weighted by Gasteiger charge is -2.41. The van der Waals surface area contributed by atoms with E-state index >= 15 is 0 Å². The monoisotopic (exact) mass is 531 g/mol. The number of aliphatic hydroxyl groups excluding tert-OH is 1. The van der Waals surface area contributed by atoms with E-state index in [1.807, 2.05) is 9.80 Å². The predicted octanol–water partition coefficient (Wildman–Crippen LogP) is 3.62. The third-order valence-electron chi connectivity index (χ3n) is 8.91. The van der Waals surface area contributed by atoms with Gasteiger partial charge in [-0.25, -0.2) is 0 Å². The lowest BCUT2D eigenvalue weighted by Crippen LogP contribution is -2.57. The number of amides is 3. The van der Waals surface area contributed by atoms with Crippen molar-refractivity contribution in [2.45, 2.75) is 93.2 Å². The van der Waals surface area contributed by atoms with Crippen molar-refractivity contribution < 1.29 is 19.5 Å². The summed E-state index contributed by atoms with van der Waals surface area (Å²) in [4.78, 5) is 48.2. The minimum Gasteiger partial charge on any atom is -0.396 e. The molecule has 0 radical (unpaired) electrons. The fourth-order valence-electron chi connectivity index (χ4n) is 7.38. The first-order valence-corrected chi connectivity index (χ1v) is 15.2. The van der Waals surface area contributed by atoms with E-state index in [4.69, 9.17) is 0 Å². The molecule has 4 aliphatic rings. The minimum atomic E-state index is -0.558. The van der Waals surface area contributed by atoms with Crippen LogP contribution in [0.4, 0.5) is 0 Å². The van der Waals surface area contributed by atoms with E-state index in [0.717, 1.165) is 44.9 Å². The van der Waals surface area contributed by atoms with E-state index in [0.29, 0.717) is 39.0 Å². The van der Waals surface area contributed by atoms with Gasteiger partial charge in [0.05, 0.1) is 16.6 Å². The number of carbonyl (C=O) groups is 3. The van der Waals surface area contributed by atoms with Crippen LogP contribution in [0.15, 0.2) is 25.3 Å². The van der Waals surface area contributed by atoms with E-state index in [1.165, 1.54) is 6.42 Å². The molecule has 0 aromatic rings. The van der Waals surface area contributed by atoms with Gasteiger partial charge >= 0.3 is 0 Å². The lowest BCUT2D eigenvalue weighted by atomic mass is 9.70. The number of likely N-dealkylation sites (tertiary alicyclic amines) is 1. The molecule has 1 saturated carbocycles. The van der Waals surface area contributed by atoms with Crippen molar-refractivity contribution in [3.8, 4) is 0 Å². The quantitative estimate of drug-likeness (QED) is 0.290. The Kier molecular flexibility index (Phi) is 9.43. The van der Waals surface area contributed by atoms with Crippen LogP contribution >= 0.6 is 11.8 Å². The van der Waals surface area contributed by atoms with Crippen molar-refractivity contribution in [1.82, 2.24) is 14.7 Å². The molecule has 2 unspecified atom stereocenters. The van der Waals surface area contributed by atoms with Crippen molar-refractivity contribution >= 4 is 29.5 Å². The Balaban J connectivity index is 1.69. The van der Waals surface area contributed by atoms with Gasteiger partial charge in [-0.15, -0.1) is 24.9 Å². The maximum absolute atomic E-state index is 14.5. The van der Waals surface area contributed by atoms with Crippen LogP contribution in [0.25, 0.3) is 0 Å². The van der Waals surface area contributed by atoms with Gasteiger partial charge < -0.3 is 19.8 Å². The molecular weight excluding hydrogens is 486 g/mol. The molecule has 3 heterocycles. The fraction of sp³-hybridized carbons (Fsp3) is 0.759. The second kappa shape index (κ2) is 12.4. The number of carbonyl (C=O) groups excluding carboxylic acids is 3. The Morgan fingerprint density at radius 1 is 1.11 bits per heavy atom. The van der Waals surface area contributed by atoms with Crippen LogP contribution in [-0.4, -0.2) is 92.4 Å². The minimum absolute atomic E-state index is 0.0319. The first-order chi connectivity index (χ1) is 17.9. The molecule has 3 aliphatic heterocycles. The van der Waals surface area contributed by atoms with Crippen LogP contribution in [0, 0.1) is 11.8 Å². The van der Waals surface area contributed by atoms with Crippen molar-refractivity contribution in [3.05, 3.63) is 25.3 Å². The summed E-state index contributed by atoms with van der Waals surface area (Å²) in [6.07, 6.45) is 12.7. The van der Waals surface area contributed by atoms with Crippen LogP contribution in [0.5, 0.6) is 0 Å². The molecule has 5 atom stereocenters. The number of hydrogen-bond acceptors (Lipinski definition) is 5. The summed E-state index contributed by atoms with van der Waals surface area (Å²) < 4.78 is -0.557. The highest BCUT2D eigenvalue weighted by Crippen LogP contribution is 2.66. The number of thioether (sulfide) groups is 1. The molecule has 1 spiro atoms. The maximum atomic E-state index is 14.5. The Morgan fingerprint density at radius 3 is 2.49 bits per heavy atom. The van der Waals surface area contributed by atoms with Gasteiger partial charge in [-0.05, 0) is 44.9 Å². The van der Waals surface area contributed by atoms with E-state index in [9.17, 15) is 19.5 Å². The van der Waals surface area contributed by atoms with E-state index in [2.05, 4.69) is 20.1 Å². The second-order valence-corrected chi connectivity index (χ2v) is 12.8. The van der Waals surface area contributed by atoms with Crippen molar-refractivity contribution in [2.75, 3.05) is 32.8 Å². The smallest absolute Gasteiger partial charge is 0.247 e. The van der Waals surface area contributed by atoms with Crippen molar-refractivity contribution in [2.24, 2.45) is 11.8 Å². The number of fused-ring (bicyclic) bond motifs is 1. The molecule has 2 bridgehead atoms. The highest BCUT2D eigenvalue weighted by Gasteiger charge is 2.74. The van der Waals surface area contributed by atoms with Gasteiger partial charge in [-0.1, -0.05) is 38.3 Å². The van der Waals surface area contributed by atoms with Gasteiger partial charge in [0.15, 0.2) is 0 Å². The standard InChI is InChI=1S/C29H45N3O4S/c1-4-16-30(17-5-2)26(34)23-22-14-15-29(37-22)24(23)27(35)32(19-10-11-20-33)25(29)28(36)31(18-6-3)21-12-8-7-9-13-21/h4,6,21-25,33H,1,3,5,7-20H2,2H3/t22-,23+,24+,25?,29?/m1/s1. The molecular formula is C29H45N3O4S. The summed E-state index contributed by atoms with van der Waals surface area (Å²) in [5, 5.41) is 9.47. The fourth-order valence-corrected chi connectivity index (χ4v) is 9.59. The molecule has 7 nitrogen and oxygen atoms in total. The average molecular weight is 532 g/mol. The van der Waals surface area contributed by atoms with Gasteiger partial charge in [0.1, 0.15) is 6.04 Å². The summed E-state index contributed by atoms with van der Waals surface area (Å²) >= 11 is 1.75. The largest absolute Gasteiger partial charge is 0.396 e. The predicted molar refractivity (Wildman–Crippen MR) is 148 cm³/mol. The van der Waals surface area contributed by atoms with E-state index in [1.54, 1.807) is 28.8 Å². The van der Waals surface area contributed by atoms with Crippen LogP contribution in [0.3, 0.4) is 0 Å². The SMILES string of the molecule is C=CCN(CCC)C(=O)[C@@H]1[C@H]2C(=O)N(CCCCO)C(C(=O)N(CC=C)C3CCCCC3)C23CC[C@H]1S3. The Hall–Kier alpha value is -1.80. The zero-order chi connectivity index (χ0) is 26.6. The molecule has 0 aromatic carbocycles. The molecule has 0 aromatic heterocycles. The van der Waals surface area contributed by atoms with Gasteiger partial charge in [-0.2, -0.15) is 0 Å². The van der Waals surface area contributed by atoms with Crippen molar-refractivity contribution in [1.29, 1.82) is 0 Å². The molecule has 3 saturated heterocycles. The number of nitrogens with zero attached hydrogens (tertiary/aromatic N) is 3. The molecule has 4 fully saturated rings. The highest BCUT2D eigenvalue weighted by molar-refractivity contribution is 8.02. The molecule has 1 N–H and O–H groups in total. The van der Waals surface area contributed by atoms with Gasteiger partial charge in [0, 0.05) is 44.1 Å². The molecule has 4 rings (SSSR count). The molecule has 3 amide bonds. The van der Waals surface area contributed by atoms with Crippen LogP contribution < -0.4 is 0 Å². The topological polar surface area (TPSA) is 81.2 Å². The normalized spacial score (nSPS) is 30.9. The lowest BCUT2D eigenvalue weighted by molar-refractivity contribution is -0.145. The third-order valence-corrected chi connectivity index (χ3v) is 10.9.